The summed E-state index contributed by atoms with van der Waals surface area (Å²) in [5, 5.41) is 15.8. The van der Waals surface area contributed by atoms with Crippen LogP contribution >= 0.6 is 0 Å². The van der Waals surface area contributed by atoms with Gasteiger partial charge in [-0.05, 0) is 77.8 Å². The average molecular weight is 583 g/mol. The van der Waals surface area contributed by atoms with E-state index in [2.05, 4.69) is 41.6 Å². The standard InChI is InChI=1S/C33H50N4O5/c1-23(2)34-33(40)35-28-15-16-30-29(18-28)32(39)37(25(4)22-38)19-24(3)31(41-17-11-10-12-26(5)42-30)21-36(6)20-27-13-8-7-9-14-27/h7-9,13-16,18,23-26,31,38H,10-12,17,19-22H2,1-6H3,(H2,34,35,40)/t24-,25+,26+,31+/m0/s1. The molecular weight excluding hydrogens is 532 g/mol. The molecule has 0 saturated carbocycles. The first-order chi connectivity index (χ1) is 20.1. The second-order valence-electron chi connectivity index (χ2n) is 11.9. The first kappa shape index (κ1) is 33.4. The summed E-state index contributed by atoms with van der Waals surface area (Å²) in [6.07, 6.45) is 2.45. The molecule has 0 radical (unpaired) electrons. The van der Waals surface area contributed by atoms with Gasteiger partial charge in [0.05, 0.1) is 30.4 Å². The molecule has 0 bridgehead atoms. The van der Waals surface area contributed by atoms with Crippen LogP contribution in [-0.2, 0) is 11.3 Å². The topological polar surface area (TPSA) is 103 Å². The molecule has 0 saturated heterocycles. The van der Waals surface area contributed by atoms with Crippen LogP contribution < -0.4 is 15.4 Å². The normalized spacial score (nSPS) is 21.3. The summed E-state index contributed by atoms with van der Waals surface area (Å²) in [5.41, 5.74) is 2.08. The van der Waals surface area contributed by atoms with Crippen molar-refractivity contribution in [2.24, 2.45) is 5.92 Å². The number of nitrogens with zero attached hydrogens (tertiary/aromatic N) is 2. The second kappa shape index (κ2) is 16.5. The van der Waals surface area contributed by atoms with Crippen molar-refractivity contribution in [3.05, 3.63) is 59.7 Å². The predicted molar refractivity (Wildman–Crippen MR) is 167 cm³/mol. The summed E-state index contributed by atoms with van der Waals surface area (Å²) < 4.78 is 12.7. The summed E-state index contributed by atoms with van der Waals surface area (Å²) in [4.78, 5) is 30.6. The number of ether oxygens (including phenoxy) is 2. The third-order valence-electron chi connectivity index (χ3n) is 7.52. The van der Waals surface area contributed by atoms with Gasteiger partial charge < -0.3 is 30.1 Å². The SMILES string of the molecule is CC(C)NC(=O)Nc1ccc2c(c1)C(=O)N([C@H](C)CO)C[C@H](C)[C@@H](CN(C)Cc1ccccc1)OCCCC[C@@H](C)O2. The van der Waals surface area contributed by atoms with E-state index in [1.165, 1.54) is 5.56 Å². The maximum Gasteiger partial charge on any atom is 0.319 e. The Morgan fingerprint density at radius 1 is 1.12 bits per heavy atom. The van der Waals surface area contributed by atoms with Crippen LogP contribution in [0.15, 0.2) is 48.5 Å². The largest absolute Gasteiger partial charge is 0.490 e. The molecule has 1 aliphatic rings. The third-order valence-corrected chi connectivity index (χ3v) is 7.52. The van der Waals surface area contributed by atoms with Gasteiger partial charge in [0.25, 0.3) is 5.91 Å². The molecule has 1 aliphatic heterocycles. The number of aliphatic hydroxyl groups is 1. The molecule has 2 aromatic carbocycles. The van der Waals surface area contributed by atoms with E-state index in [4.69, 9.17) is 9.47 Å². The van der Waals surface area contributed by atoms with Gasteiger partial charge in [0.2, 0.25) is 0 Å². The van der Waals surface area contributed by atoms with Crippen molar-refractivity contribution >= 4 is 17.6 Å². The zero-order chi connectivity index (χ0) is 30.6. The Kier molecular flexibility index (Phi) is 13.1. The fourth-order valence-electron chi connectivity index (χ4n) is 5.16. The molecule has 42 heavy (non-hydrogen) atoms. The Labute approximate surface area is 251 Å². The fraction of sp³-hybridized carbons (Fsp3) is 0.576. The van der Waals surface area contributed by atoms with Crippen LogP contribution in [0.3, 0.4) is 0 Å². The van der Waals surface area contributed by atoms with E-state index >= 15 is 0 Å². The molecule has 0 fully saturated rings. The maximum atomic E-state index is 14.2. The monoisotopic (exact) mass is 582 g/mol. The molecule has 3 N–H and O–H groups in total. The Balaban J connectivity index is 1.90. The van der Waals surface area contributed by atoms with Gasteiger partial charge in [-0.25, -0.2) is 4.79 Å². The lowest BCUT2D eigenvalue weighted by molar-refractivity contribution is -0.0177. The molecule has 0 aromatic heterocycles. The highest BCUT2D eigenvalue weighted by atomic mass is 16.5. The van der Waals surface area contributed by atoms with E-state index in [0.29, 0.717) is 36.7 Å². The van der Waals surface area contributed by atoms with Gasteiger partial charge in [0.1, 0.15) is 5.75 Å². The van der Waals surface area contributed by atoms with Crippen molar-refractivity contribution in [2.45, 2.75) is 84.7 Å². The summed E-state index contributed by atoms with van der Waals surface area (Å²) >= 11 is 0. The van der Waals surface area contributed by atoms with Gasteiger partial charge in [0.15, 0.2) is 0 Å². The number of carbonyl (C=O) groups excluding carboxylic acids is 2. The fourth-order valence-corrected chi connectivity index (χ4v) is 5.16. The Morgan fingerprint density at radius 3 is 2.55 bits per heavy atom. The Hall–Kier alpha value is -3.14. The number of rotatable bonds is 8. The quantitative estimate of drug-likeness (QED) is 0.398. The summed E-state index contributed by atoms with van der Waals surface area (Å²) in [6, 6.07) is 14.7. The molecule has 0 unspecified atom stereocenters. The third kappa shape index (κ3) is 10.3. The van der Waals surface area contributed by atoms with Crippen LogP contribution in [0.1, 0.15) is 69.8 Å². The average Bonchev–Trinajstić information content (AvgIpc) is 2.94. The first-order valence-corrected chi connectivity index (χ1v) is 15.2. The number of anilines is 1. The lowest BCUT2D eigenvalue weighted by Gasteiger charge is -2.36. The minimum absolute atomic E-state index is 0.00877. The van der Waals surface area contributed by atoms with Gasteiger partial charge in [0, 0.05) is 43.9 Å². The van der Waals surface area contributed by atoms with E-state index < -0.39 is 6.04 Å². The highest BCUT2D eigenvalue weighted by Crippen LogP contribution is 2.28. The number of fused-ring (bicyclic) bond motifs is 1. The van der Waals surface area contributed by atoms with Gasteiger partial charge in [-0.3, -0.25) is 9.69 Å². The van der Waals surface area contributed by atoms with Gasteiger partial charge in [-0.1, -0.05) is 37.3 Å². The van der Waals surface area contributed by atoms with Crippen LogP contribution in [0, 0.1) is 5.92 Å². The number of carbonyl (C=O) groups is 2. The Morgan fingerprint density at radius 2 is 1.86 bits per heavy atom. The molecule has 4 atom stereocenters. The molecule has 0 aliphatic carbocycles. The zero-order valence-corrected chi connectivity index (χ0v) is 26.1. The minimum Gasteiger partial charge on any atom is -0.490 e. The molecule has 1 heterocycles. The van der Waals surface area contributed by atoms with Gasteiger partial charge >= 0.3 is 6.03 Å². The van der Waals surface area contributed by atoms with Crippen molar-refractivity contribution in [2.75, 3.05) is 38.7 Å². The van der Waals surface area contributed by atoms with Crippen LogP contribution in [-0.4, -0.2) is 84.5 Å². The number of hydrogen-bond acceptors (Lipinski definition) is 6. The van der Waals surface area contributed by atoms with Crippen LogP contribution in [0.2, 0.25) is 0 Å². The van der Waals surface area contributed by atoms with Crippen LogP contribution in [0.5, 0.6) is 5.75 Å². The summed E-state index contributed by atoms with van der Waals surface area (Å²) in [6.45, 7) is 12.1. The summed E-state index contributed by atoms with van der Waals surface area (Å²) in [5.74, 6) is 0.204. The van der Waals surface area contributed by atoms with Crippen LogP contribution in [0.4, 0.5) is 10.5 Å². The Bertz CT molecular complexity index is 1130. The minimum atomic E-state index is -0.429. The van der Waals surface area contributed by atoms with Crippen molar-refractivity contribution in [1.29, 1.82) is 0 Å². The van der Waals surface area contributed by atoms with Gasteiger partial charge in [-0.15, -0.1) is 0 Å². The van der Waals surface area contributed by atoms with Gasteiger partial charge in [-0.2, -0.15) is 0 Å². The number of amides is 3. The number of nitrogens with one attached hydrogen (secondary N) is 2. The highest BCUT2D eigenvalue weighted by molar-refractivity contribution is 5.99. The lowest BCUT2D eigenvalue weighted by atomic mass is 10.0. The van der Waals surface area contributed by atoms with Crippen molar-refractivity contribution in [3.63, 3.8) is 0 Å². The molecule has 232 valence electrons. The van der Waals surface area contributed by atoms with E-state index in [0.717, 1.165) is 25.8 Å². The van der Waals surface area contributed by atoms with Crippen molar-refractivity contribution < 1.29 is 24.2 Å². The summed E-state index contributed by atoms with van der Waals surface area (Å²) in [7, 11) is 2.09. The van der Waals surface area contributed by atoms with E-state index in [1.54, 1.807) is 23.1 Å². The predicted octanol–water partition coefficient (Wildman–Crippen LogP) is 5.14. The molecular formula is C33H50N4O5. The molecule has 9 heteroatoms. The lowest BCUT2D eigenvalue weighted by Crippen LogP contribution is -2.47. The molecule has 9 nitrogen and oxygen atoms in total. The number of hydrogen-bond donors (Lipinski definition) is 3. The number of likely N-dealkylation sites (N-methyl/N-ethyl adjacent to an activating group) is 1. The van der Waals surface area contributed by atoms with Crippen LogP contribution in [0.25, 0.3) is 0 Å². The number of benzene rings is 2. The second-order valence-corrected chi connectivity index (χ2v) is 11.9. The zero-order valence-electron chi connectivity index (χ0n) is 26.1. The first-order valence-electron chi connectivity index (χ1n) is 15.2. The molecule has 3 rings (SSSR count). The molecule has 2 aromatic rings. The molecule has 0 spiro atoms. The number of aliphatic hydroxyl groups excluding tert-OH is 1. The number of urea groups is 1. The van der Waals surface area contributed by atoms with Crippen molar-refractivity contribution in [1.82, 2.24) is 15.1 Å². The van der Waals surface area contributed by atoms with Crippen molar-refractivity contribution in [3.8, 4) is 5.75 Å². The van der Waals surface area contributed by atoms with E-state index in [-0.39, 0.29) is 42.7 Å². The highest BCUT2D eigenvalue weighted by Gasteiger charge is 2.30. The molecule has 3 amide bonds. The van der Waals surface area contributed by atoms with E-state index in [9.17, 15) is 14.7 Å². The van der Waals surface area contributed by atoms with E-state index in [1.807, 2.05) is 45.9 Å². The smallest absolute Gasteiger partial charge is 0.319 e. The maximum absolute atomic E-state index is 14.2.